The molecule has 7 nitrogen and oxygen atoms in total. The fourth-order valence-electron chi connectivity index (χ4n) is 2.85. The number of amides is 2. The maximum absolute atomic E-state index is 12.4. The van der Waals surface area contributed by atoms with Crippen LogP contribution in [0.4, 0.5) is 4.79 Å². The number of carboxylic acids is 1. The Labute approximate surface area is 193 Å². The molecule has 2 aromatic carbocycles. The van der Waals surface area contributed by atoms with Crippen LogP contribution in [0.2, 0.25) is 5.02 Å². The van der Waals surface area contributed by atoms with E-state index in [0.29, 0.717) is 23.7 Å². The van der Waals surface area contributed by atoms with Crippen molar-refractivity contribution < 1.29 is 29.0 Å². The lowest BCUT2D eigenvalue weighted by Crippen LogP contribution is -2.28. The van der Waals surface area contributed by atoms with Gasteiger partial charge in [-0.05, 0) is 53.6 Å². The molecule has 1 fully saturated rings. The first-order valence-electron chi connectivity index (χ1n) is 9.42. The summed E-state index contributed by atoms with van der Waals surface area (Å²) in [5.74, 6) is 1.23. The second kappa shape index (κ2) is 10.3. The summed E-state index contributed by atoms with van der Waals surface area (Å²) in [6, 6.07) is 9.32. The maximum atomic E-state index is 12.4. The standard InChI is InChI=1S/C23H18ClNO6S/c1-3-9-25-21(26)19(32-23(25)29)12-15-10-17(24)20(18(11-15)30-4-2)31-13-14-5-7-16(8-6-14)22(27)28/h1,5-8,10-12H,4,9,13H2,2H3,(H,27,28)/p-1/b19-12+. The zero-order chi connectivity index (χ0) is 23.3. The van der Waals surface area contributed by atoms with Gasteiger partial charge in [0.2, 0.25) is 0 Å². The fraction of sp³-hybridized carbons (Fsp3) is 0.174. The van der Waals surface area contributed by atoms with Gasteiger partial charge in [0.1, 0.15) is 6.61 Å². The molecule has 9 heteroatoms. The zero-order valence-electron chi connectivity index (χ0n) is 16.9. The molecule has 0 aliphatic carbocycles. The molecule has 0 N–H and O–H groups in total. The first-order chi connectivity index (χ1) is 15.3. The number of ether oxygens (including phenoxy) is 2. The molecule has 1 aliphatic rings. The summed E-state index contributed by atoms with van der Waals surface area (Å²) in [5.41, 5.74) is 1.34. The van der Waals surface area contributed by atoms with Crippen LogP contribution in [0.1, 0.15) is 28.4 Å². The molecule has 3 rings (SSSR count). The van der Waals surface area contributed by atoms with Gasteiger partial charge in [0.25, 0.3) is 11.1 Å². The third kappa shape index (κ3) is 5.25. The van der Waals surface area contributed by atoms with Crippen molar-refractivity contribution in [3.8, 4) is 23.8 Å². The smallest absolute Gasteiger partial charge is 0.294 e. The van der Waals surface area contributed by atoms with Gasteiger partial charge in [-0.25, -0.2) is 0 Å². The number of thioether (sulfide) groups is 1. The van der Waals surface area contributed by atoms with Gasteiger partial charge in [0.15, 0.2) is 11.5 Å². The van der Waals surface area contributed by atoms with Gasteiger partial charge in [-0.1, -0.05) is 41.8 Å². The number of imide groups is 1. The van der Waals surface area contributed by atoms with E-state index in [2.05, 4.69) is 5.92 Å². The summed E-state index contributed by atoms with van der Waals surface area (Å²) < 4.78 is 11.5. The van der Waals surface area contributed by atoms with Crippen LogP contribution in [0.3, 0.4) is 0 Å². The molecule has 0 aromatic heterocycles. The highest BCUT2D eigenvalue weighted by Crippen LogP contribution is 2.39. The Morgan fingerprint density at radius 2 is 1.97 bits per heavy atom. The van der Waals surface area contributed by atoms with E-state index in [1.54, 1.807) is 31.2 Å². The minimum Gasteiger partial charge on any atom is -0.545 e. The number of hydrogen-bond acceptors (Lipinski definition) is 7. The van der Waals surface area contributed by atoms with Crippen LogP contribution in [0.5, 0.6) is 11.5 Å². The molecule has 0 spiro atoms. The SMILES string of the molecule is C#CCN1C(=O)S/C(=C/c2cc(Cl)c(OCc3ccc(C(=O)[O-])cc3)c(OCC)c2)C1=O. The monoisotopic (exact) mass is 470 g/mol. The molecule has 1 heterocycles. The van der Waals surface area contributed by atoms with E-state index >= 15 is 0 Å². The lowest BCUT2D eigenvalue weighted by Gasteiger charge is -2.15. The summed E-state index contributed by atoms with van der Waals surface area (Å²) in [6.07, 6.45) is 6.75. The highest BCUT2D eigenvalue weighted by molar-refractivity contribution is 8.18. The summed E-state index contributed by atoms with van der Waals surface area (Å²) in [6.45, 7) is 2.17. The van der Waals surface area contributed by atoms with Gasteiger partial charge < -0.3 is 19.4 Å². The Balaban J connectivity index is 1.83. The largest absolute Gasteiger partial charge is 0.545 e. The van der Waals surface area contributed by atoms with Crippen molar-refractivity contribution in [3.05, 3.63) is 63.0 Å². The van der Waals surface area contributed by atoms with Crippen LogP contribution in [-0.2, 0) is 11.4 Å². The topological polar surface area (TPSA) is 96.0 Å². The predicted molar refractivity (Wildman–Crippen MR) is 119 cm³/mol. The van der Waals surface area contributed by atoms with Crippen LogP contribution >= 0.6 is 23.4 Å². The number of carboxylic acid groups (broad SMARTS) is 1. The third-order valence-electron chi connectivity index (χ3n) is 4.33. The van der Waals surface area contributed by atoms with Crippen LogP contribution < -0.4 is 14.6 Å². The molecule has 0 bridgehead atoms. The van der Waals surface area contributed by atoms with E-state index in [9.17, 15) is 19.5 Å². The Bertz CT molecular complexity index is 1140. The predicted octanol–water partition coefficient (Wildman–Crippen LogP) is 3.35. The van der Waals surface area contributed by atoms with Crippen molar-refractivity contribution >= 4 is 46.6 Å². The molecule has 0 saturated carbocycles. The lowest BCUT2D eigenvalue weighted by molar-refractivity contribution is -0.255. The molecule has 0 radical (unpaired) electrons. The Morgan fingerprint density at radius 1 is 1.25 bits per heavy atom. The van der Waals surface area contributed by atoms with Crippen LogP contribution in [0.25, 0.3) is 6.08 Å². The number of carbonyl (C=O) groups is 3. The molecule has 2 amide bonds. The number of terminal acetylenes is 1. The van der Waals surface area contributed by atoms with Crippen molar-refractivity contribution in [2.45, 2.75) is 13.5 Å². The van der Waals surface area contributed by atoms with Gasteiger partial charge in [-0.15, -0.1) is 6.42 Å². The Hall–Kier alpha value is -3.41. The molecule has 164 valence electrons. The number of rotatable bonds is 8. The van der Waals surface area contributed by atoms with Gasteiger partial charge >= 0.3 is 0 Å². The third-order valence-corrected chi connectivity index (χ3v) is 5.51. The minimum absolute atomic E-state index is 0.0674. The van der Waals surface area contributed by atoms with Crippen LogP contribution in [0, 0.1) is 12.3 Å². The first-order valence-corrected chi connectivity index (χ1v) is 10.6. The van der Waals surface area contributed by atoms with Gasteiger partial charge in [0.05, 0.1) is 29.0 Å². The molecule has 2 aromatic rings. The lowest BCUT2D eigenvalue weighted by atomic mass is 10.1. The number of nitrogens with zero attached hydrogens (tertiary/aromatic N) is 1. The van der Waals surface area contributed by atoms with E-state index < -0.39 is 17.1 Å². The number of benzene rings is 2. The van der Waals surface area contributed by atoms with E-state index in [0.717, 1.165) is 22.2 Å². The van der Waals surface area contributed by atoms with Crippen molar-refractivity contribution in [2.75, 3.05) is 13.2 Å². The molecule has 0 unspecified atom stereocenters. The normalized spacial score (nSPS) is 14.5. The zero-order valence-corrected chi connectivity index (χ0v) is 18.5. The summed E-state index contributed by atoms with van der Waals surface area (Å²) in [5, 5.41) is 10.7. The van der Waals surface area contributed by atoms with Crippen molar-refractivity contribution in [2.24, 2.45) is 0 Å². The van der Waals surface area contributed by atoms with E-state index in [-0.39, 0.29) is 28.6 Å². The van der Waals surface area contributed by atoms with E-state index in [1.807, 2.05) is 0 Å². The van der Waals surface area contributed by atoms with Gasteiger partial charge in [-0.2, -0.15) is 0 Å². The van der Waals surface area contributed by atoms with Crippen molar-refractivity contribution in [3.63, 3.8) is 0 Å². The average molecular weight is 471 g/mol. The Morgan fingerprint density at radius 3 is 2.59 bits per heavy atom. The highest BCUT2D eigenvalue weighted by atomic mass is 35.5. The number of carbonyl (C=O) groups excluding carboxylic acids is 3. The quantitative estimate of drug-likeness (QED) is 0.431. The second-order valence-electron chi connectivity index (χ2n) is 6.51. The summed E-state index contributed by atoms with van der Waals surface area (Å²) in [7, 11) is 0. The maximum Gasteiger partial charge on any atom is 0.294 e. The van der Waals surface area contributed by atoms with Crippen LogP contribution in [-0.4, -0.2) is 35.2 Å². The highest BCUT2D eigenvalue weighted by Gasteiger charge is 2.34. The van der Waals surface area contributed by atoms with Gasteiger partial charge in [-0.3, -0.25) is 14.5 Å². The molecular weight excluding hydrogens is 454 g/mol. The molecule has 0 atom stereocenters. The average Bonchev–Trinajstić information content (AvgIpc) is 3.01. The number of aromatic carboxylic acids is 1. The first kappa shape index (κ1) is 23.3. The van der Waals surface area contributed by atoms with Crippen LogP contribution in [0.15, 0.2) is 41.3 Å². The minimum atomic E-state index is -1.26. The summed E-state index contributed by atoms with van der Waals surface area (Å²) >= 11 is 7.21. The second-order valence-corrected chi connectivity index (χ2v) is 7.91. The van der Waals surface area contributed by atoms with Crippen molar-refractivity contribution in [1.29, 1.82) is 0 Å². The number of hydrogen-bond donors (Lipinski definition) is 0. The van der Waals surface area contributed by atoms with Crippen molar-refractivity contribution in [1.82, 2.24) is 4.90 Å². The molecule has 32 heavy (non-hydrogen) atoms. The summed E-state index contributed by atoms with van der Waals surface area (Å²) in [4.78, 5) is 36.4. The Kier molecular flexibility index (Phi) is 7.46. The fourth-order valence-corrected chi connectivity index (χ4v) is 3.96. The molecule has 1 aliphatic heterocycles. The van der Waals surface area contributed by atoms with Gasteiger partial charge in [0, 0.05) is 0 Å². The van der Waals surface area contributed by atoms with E-state index in [4.69, 9.17) is 27.5 Å². The number of halogens is 1. The molecule has 1 saturated heterocycles. The van der Waals surface area contributed by atoms with E-state index in [1.165, 1.54) is 18.2 Å². The molecular formula is C23H17ClNO6S-.